The predicted molar refractivity (Wildman–Crippen MR) is 89.4 cm³/mol. The second-order valence-electron chi connectivity index (χ2n) is 5.48. The lowest BCUT2D eigenvalue weighted by Gasteiger charge is -2.16. The highest BCUT2D eigenvalue weighted by Crippen LogP contribution is 2.40. The number of fused-ring (bicyclic) bond motifs is 1. The molecule has 0 radical (unpaired) electrons. The van der Waals surface area contributed by atoms with Gasteiger partial charge in [-0.15, -0.1) is 11.8 Å². The molecule has 0 unspecified atom stereocenters. The molecule has 0 bridgehead atoms. The first kappa shape index (κ1) is 15.0. The lowest BCUT2D eigenvalue weighted by atomic mass is 10.1. The van der Waals surface area contributed by atoms with Crippen LogP contribution < -0.4 is 10.9 Å². The number of amides is 1. The summed E-state index contributed by atoms with van der Waals surface area (Å²) in [5.41, 5.74) is 1.55. The number of nitrogens with zero attached hydrogens (tertiary/aromatic N) is 1. The van der Waals surface area contributed by atoms with Crippen LogP contribution in [0, 0.1) is 0 Å². The van der Waals surface area contributed by atoms with Crippen LogP contribution in [0.15, 0.2) is 35.1 Å². The van der Waals surface area contributed by atoms with E-state index >= 15 is 0 Å². The Morgan fingerprint density at radius 3 is 2.73 bits per heavy atom. The van der Waals surface area contributed by atoms with E-state index in [-0.39, 0.29) is 22.8 Å². The third-order valence-electron chi connectivity index (χ3n) is 4.00. The highest BCUT2D eigenvalue weighted by molar-refractivity contribution is 8.00. The van der Waals surface area contributed by atoms with Gasteiger partial charge in [0.15, 0.2) is 0 Å². The van der Waals surface area contributed by atoms with Crippen molar-refractivity contribution in [3.8, 4) is 0 Å². The quantitative estimate of drug-likeness (QED) is 0.914. The van der Waals surface area contributed by atoms with Crippen molar-refractivity contribution < 1.29 is 4.79 Å². The number of hydrogen-bond acceptors (Lipinski definition) is 3. The molecule has 0 spiro atoms. The smallest absolute Gasteiger partial charge is 0.270 e. The van der Waals surface area contributed by atoms with Crippen LogP contribution in [0.4, 0.5) is 5.82 Å². The number of aromatic nitrogens is 2. The predicted octanol–water partition coefficient (Wildman–Crippen LogP) is 2.92. The number of rotatable bonds is 3. The Bertz CT molecular complexity index is 736. The number of anilines is 1. The fourth-order valence-electron chi connectivity index (χ4n) is 2.65. The van der Waals surface area contributed by atoms with Crippen molar-refractivity contribution in [2.24, 2.45) is 0 Å². The van der Waals surface area contributed by atoms with Gasteiger partial charge in [-0.2, -0.15) is 0 Å². The highest BCUT2D eigenvalue weighted by atomic mass is 32.2. The van der Waals surface area contributed by atoms with Crippen molar-refractivity contribution in [1.29, 1.82) is 0 Å². The van der Waals surface area contributed by atoms with Crippen LogP contribution in [0.2, 0.25) is 0 Å². The molecule has 5 nitrogen and oxygen atoms in total. The lowest BCUT2D eigenvalue weighted by molar-refractivity contribution is -0.113. The van der Waals surface area contributed by atoms with E-state index in [1.807, 2.05) is 37.3 Å². The van der Waals surface area contributed by atoms with Crippen LogP contribution in [0.25, 0.3) is 0 Å². The van der Waals surface area contributed by atoms with Crippen LogP contribution in [-0.4, -0.2) is 21.4 Å². The standard InChI is InChI=1S/C16H19N3O2S/c1-3-10(2)19-15-13(16(21)18-19)14(22-9-12(20)17-15)11-7-5-4-6-8-11/h4-8,10,14H,3,9H2,1-2H3,(H,17,20)(H,18,21)/t10-,14+/m1/s1. The molecule has 1 aliphatic rings. The zero-order valence-electron chi connectivity index (χ0n) is 12.6. The number of aromatic amines is 1. The molecule has 0 aliphatic carbocycles. The van der Waals surface area contributed by atoms with Crippen LogP contribution in [0.3, 0.4) is 0 Å². The number of carbonyl (C=O) groups excluding carboxylic acids is 1. The maximum Gasteiger partial charge on any atom is 0.270 e. The molecule has 2 aromatic rings. The molecule has 1 amide bonds. The number of thioether (sulfide) groups is 1. The Morgan fingerprint density at radius 1 is 1.32 bits per heavy atom. The fraction of sp³-hybridized carbons (Fsp3) is 0.375. The second-order valence-corrected chi connectivity index (χ2v) is 6.57. The number of nitrogens with one attached hydrogen (secondary N) is 2. The summed E-state index contributed by atoms with van der Waals surface area (Å²) in [4.78, 5) is 24.5. The summed E-state index contributed by atoms with van der Waals surface area (Å²) in [6, 6.07) is 9.97. The number of carbonyl (C=O) groups is 1. The Balaban J connectivity index is 2.17. The zero-order chi connectivity index (χ0) is 15.7. The van der Waals surface area contributed by atoms with E-state index in [4.69, 9.17) is 0 Å². The van der Waals surface area contributed by atoms with Gasteiger partial charge in [0.05, 0.1) is 16.6 Å². The molecule has 2 N–H and O–H groups in total. The summed E-state index contributed by atoms with van der Waals surface area (Å²) in [5.74, 6) is 0.887. The topological polar surface area (TPSA) is 66.9 Å². The first-order chi connectivity index (χ1) is 10.6. The molecule has 1 aromatic heterocycles. The summed E-state index contributed by atoms with van der Waals surface area (Å²) in [6.07, 6.45) is 0.871. The average Bonchev–Trinajstić information content (AvgIpc) is 2.74. The largest absolute Gasteiger partial charge is 0.310 e. The molecule has 3 rings (SSSR count). The van der Waals surface area contributed by atoms with Crippen molar-refractivity contribution in [3.63, 3.8) is 0 Å². The normalized spacial score (nSPS) is 19.2. The van der Waals surface area contributed by atoms with Gasteiger partial charge in [0, 0.05) is 6.04 Å². The molecule has 2 atom stereocenters. The maximum atomic E-state index is 12.5. The van der Waals surface area contributed by atoms with Gasteiger partial charge in [0.25, 0.3) is 5.56 Å². The van der Waals surface area contributed by atoms with E-state index in [0.29, 0.717) is 17.1 Å². The van der Waals surface area contributed by atoms with Crippen LogP contribution in [-0.2, 0) is 4.79 Å². The molecular formula is C16H19N3O2S. The first-order valence-electron chi connectivity index (χ1n) is 7.42. The minimum Gasteiger partial charge on any atom is -0.310 e. The van der Waals surface area contributed by atoms with E-state index < -0.39 is 0 Å². The molecule has 0 saturated carbocycles. The van der Waals surface area contributed by atoms with Crippen molar-refractivity contribution in [2.75, 3.05) is 11.1 Å². The lowest BCUT2D eigenvalue weighted by Crippen LogP contribution is -2.18. The Labute approximate surface area is 133 Å². The minimum absolute atomic E-state index is 0.0688. The van der Waals surface area contributed by atoms with Gasteiger partial charge in [-0.1, -0.05) is 37.3 Å². The first-order valence-corrected chi connectivity index (χ1v) is 8.47. The van der Waals surface area contributed by atoms with Gasteiger partial charge >= 0.3 is 0 Å². The minimum atomic E-state index is -0.135. The summed E-state index contributed by atoms with van der Waals surface area (Å²) in [6.45, 7) is 4.08. The highest BCUT2D eigenvalue weighted by Gasteiger charge is 2.30. The Hall–Kier alpha value is -1.95. The van der Waals surface area contributed by atoms with Crippen molar-refractivity contribution >= 4 is 23.5 Å². The van der Waals surface area contributed by atoms with Gasteiger partial charge in [0.1, 0.15) is 5.82 Å². The average molecular weight is 317 g/mol. The summed E-state index contributed by atoms with van der Waals surface area (Å²) in [7, 11) is 0. The molecule has 2 heterocycles. The molecule has 6 heteroatoms. The molecule has 22 heavy (non-hydrogen) atoms. The van der Waals surface area contributed by atoms with Crippen LogP contribution in [0.5, 0.6) is 0 Å². The van der Waals surface area contributed by atoms with Crippen molar-refractivity contribution in [3.05, 3.63) is 51.8 Å². The molecular weight excluding hydrogens is 298 g/mol. The second kappa shape index (κ2) is 6.04. The SMILES string of the molecule is CC[C@@H](C)n1[nH]c(=O)c2c1NC(=O)CS[C@H]2c1ccccc1. The van der Waals surface area contributed by atoms with Gasteiger partial charge < -0.3 is 5.32 Å². The maximum absolute atomic E-state index is 12.5. The van der Waals surface area contributed by atoms with Gasteiger partial charge in [-0.25, -0.2) is 0 Å². The zero-order valence-corrected chi connectivity index (χ0v) is 13.4. The number of benzene rings is 1. The van der Waals surface area contributed by atoms with E-state index in [0.717, 1.165) is 12.0 Å². The molecule has 1 aromatic carbocycles. The number of hydrogen-bond donors (Lipinski definition) is 2. The van der Waals surface area contributed by atoms with Gasteiger partial charge in [0.2, 0.25) is 5.91 Å². The third kappa shape index (κ3) is 2.59. The summed E-state index contributed by atoms with van der Waals surface area (Å²) in [5, 5.41) is 5.65. The van der Waals surface area contributed by atoms with Crippen LogP contribution in [0.1, 0.15) is 42.7 Å². The van der Waals surface area contributed by atoms with Gasteiger partial charge in [-0.3, -0.25) is 19.4 Å². The van der Waals surface area contributed by atoms with Gasteiger partial charge in [-0.05, 0) is 18.9 Å². The van der Waals surface area contributed by atoms with Crippen molar-refractivity contribution in [2.45, 2.75) is 31.6 Å². The monoisotopic (exact) mass is 317 g/mol. The van der Waals surface area contributed by atoms with E-state index in [9.17, 15) is 9.59 Å². The molecule has 0 fully saturated rings. The Morgan fingerprint density at radius 2 is 2.05 bits per heavy atom. The summed E-state index contributed by atoms with van der Waals surface area (Å²) < 4.78 is 1.79. The molecule has 0 saturated heterocycles. The Kier molecular flexibility index (Phi) is 4.11. The van der Waals surface area contributed by atoms with Crippen LogP contribution >= 0.6 is 11.8 Å². The van der Waals surface area contributed by atoms with Crippen molar-refractivity contribution in [1.82, 2.24) is 9.78 Å². The number of H-pyrrole nitrogens is 1. The van der Waals surface area contributed by atoms with E-state index in [2.05, 4.69) is 17.3 Å². The molecule has 116 valence electrons. The van der Waals surface area contributed by atoms with E-state index in [1.54, 1.807) is 4.68 Å². The third-order valence-corrected chi connectivity index (χ3v) is 5.27. The summed E-state index contributed by atoms with van der Waals surface area (Å²) >= 11 is 1.49. The fourth-order valence-corrected chi connectivity index (χ4v) is 3.77. The van der Waals surface area contributed by atoms with E-state index in [1.165, 1.54) is 11.8 Å². The molecule has 1 aliphatic heterocycles.